The maximum absolute atomic E-state index is 11.7. The molecule has 2 unspecified atom stereocenters. The van der Waals surface area contributed by atoms with Crippen molar-refractivity contribution in [2.75, 3.05) is 0 Å². The third-order valence-electron chi connectivity index (χ3n) is 3.37. The summed E-state index contributed by atoms with van der Waals surface area (Å²) in [5.41, 5.74) is 0. The van der Waals surface area contributed by atoms with Gasteiger partial charge in [0, 0.05) is 15.8 Å². The molecule has 1 aliphatic carbocycles. The van der Waals surface area contributed by atoms with Crippen molar-refractivity contribution in [3.05, 3.63) is 21.9 Å². The predicted octanol–water partition coefficient (Wildman–Crippen LogP) is 2.11. The first kappa shape index (κ1) is 13.9. The fourth-order valence-corrected chi connectivity index (χ4v) is 3.23. The van der Waals surface area contributed by atoms with Crippen molar-refractivity contribution < 1.29 is 14.7 Å². The molecule has 1 fully saturated rings. The van der Waals surface area contributed by atoms with Gasteiger partial charge in [-0.05, 0) is 31.9 Å². The van der Waals surface area contributed by atoms with E-state index < -0.39 is 11.9 Å². The lowest BCUT2D eigenvalue weighted by Gasteiger charge is -2.17. The van der Waals surface area contributed by atoms with Crippen molar-refractivity contribution in [1.29, 1.82) is 0 Å². The van der Waals surface area contributed by atoms with Crippen LogP contribution in [-0.4, -0.2) is 23.1 Å². The van der Waals surface area contributed by atoms with Crippen LogP contribution in [0.4, 0.5) is 4.79 Å². The Kier molecular flexibility index (Phi) is 4.42. The summed E-state index contributed by atoms with van der Waals surface area (Å²) in [5.74, 6) is -1.27. The molecular weight excluding hydrogens is 264 g/mol. The van der Waals surface area contributed by atoms with Crippen molar-refractivity contribution in [1.82, 2.24) is 10.6 Å². The van der Waals surface area contributed by atoms with Gasteiger partial charge in [0.05, 0.1) is 12.5 Å². The summed E-state index contributed by atoms with van der Waals surface area (Å²) in [5, 5.41) is 14.6. The van der Waals surface area contributed by atoms with Gasteiger partial charge in [0.15, 0.2) is 0 Å². The largest absolute Gasteiger partial charge is 0.481 e. The third-order valence-corrected chi connectivity index (χ3v) is 4.37. The second-order valence-electron chi connectivity index (χ2n) is 4.82. The fraction of sp³-hybridized carbons (Fsp3) is 0.538. The number of carboxylic acid groups (broad SMARTS) is 1. The summed E-state index contributed by atoms with van der Waals surface area (Å²) in [4.78, 5) is 25.0. The van der Waals surface area contributed by atoms with E-state index in [9.17, 15) is 9.59 Å². The summed E-state index contributed by atoms with van der Waals surface area (Å²) in [6.45, 7) is 2.50. The molecule has 0 radical (unpaired) electrons. The zero-order valence-corrected chi connectivity index (χ0v) is 11.6. The molecule has 0 bridgehead atoms. The zero-order valence-electron chi connectivity index (χ0n) is 10.8. The summed E-state index contributed by atoms with van der Waals surface area (Å²) in [6, 6.07) is 3.46. The number of amides is 2. The van der Waals surface area contributed by atoms with E-state index in [0.717, 1.165) is 17.7 Å². The van der Waals surface area contributed by atoms with Gasteiger partial charge < -0.3 is 15.7 Å². The number of nitrogens with one attached hydrogen (secondary N) is 2. The Morgan fingerprint density at radius 3 is 2.84 bits per heavy atom. The van der Waals surface area contributed by atoms with E-state index in [1.807, 2.05) is 19.1 Å². The van der Waals surface area contributed by atoms with E-state index in [4.69, 9.17) is 5.11 Å². The Morgan fingerprint density at radius 1 is 1.42 bits per heavy atom. The zero-order chi connectivity index (χ0) is 13.8. The smallest absolute Gasteiger partial charge is 0.315 e. The first-order valence-electron chi connectivity index (χ1n) is 6.39. The van der Waals surface area contributed by atoms with Crippen molar-refractivity contribution >= 4 is 23.3 Å². The van der Waals surface area contributed by atoms with Gasteiger partial charge in [-0.1, -0.05) is 6.42 Å². The van der Waals surface area contributed by atoms with Gasteiger partial charge in [-0.25, -0.2) is 4.79 Å². The predicted molar refractivity (Wildman–Crippen MR) is 73.2 cm³/mol. The number of rotatable bonds is 4. The molecule has 3 N–H and O–H groups in total. The van der Waals surface area contributed by atoms with E-state index in [0.29, 0.717) is 13.0 Å². The topological polar surface area (TPSA) is 78.4 Å². The maximum Gasteiger partial charge on any atom is 0.315 e. The van der Waals surface area contributed by atoms with Crippen LogP contribution < -0.4 is 10.6 Å². The van der Waals surface area contributed by atoms with E-state index in [2.05, 4.69) is 10.6 Å². The highest BCUT2D eigenvalue weighted by Crippen LogP contribution is 2.25. The molecule has 1 aromatic rings. The third kappa shape index (κ3) is 3.70. The lowest BCUT2D eigenvalue weighted by molar-refractivity contribution is -0.142. The van der Waals surface area contributed by atoms with E-state index in [-0.39, 0.29) is 12.1 Å². The van der Waals surface area contributed by atoms with Crippen molar-refractivity contribution in [3.63, 3.8) is 0 Å². The van der Waals surface area contributed by atoms with Gasteiger partial charge in [-0.3, -0.25) is 4.79 Å². The molecule has 1 heterocycles. The molecule has 1 aliphatic rings. The lowest BCUT2D eigenvalue weighted by atomic mass is 10.0. The highest BCUT2D eigenvalue weighted by Gasteiger charge is 2.33. The molecule has 1 aromatic heterocycles. The number of hydrogen-bond acceptors (Lipinski definition) is 3. The Balaban J connectivity index is 1.79. The van der Waals surface area contributed by atoms with Gasteiger partial charge >= 0.3 is 12.0 Å². The van der Waals surface area contributed by atoms with Gasteiger partial charge in [0.25, 0.3) is 0 Å². The highest BCUT2D eigenvalue weighted by atomic mass is 32.1. The fourth-order valence-electron chi connectivity index (χ4n) is 2.40. The Labute approximate surface area is 116 Å². The second-order valence-corrected chi connectivity index (χ2v) is 6.19. The van der Waals surface area contributed by atoms with Crippen LogP contribution in [0.3, 0.4) is 0 Å². The number of thiophene rings is 1. The van der Waals surface area contributed by atoms with Crippen molar-refractivity contribution in [3.8, 4) is 0 Å². The lowest BCUT2D eigenvalue weighted by Crippen LogP contribution is -2.45. The van der Waals surface area contributed by atoms with Crippen LogP contribution in [0.1, 0.15) is 29.0 Å². The molecule has 0 spiro atoms. The second kappa shape index (κ2) is 6.06. The minimum absolute atomic E-state index is 0.248. The molecule has 0 saturated heterocycles. The van der Waals surface area contributed by atoms with E-state index >= 15 is 0 Å². The number of hydrogen-bond donors (Lipinski definition) is 3. The van der Waals surface area contributed by atoms with Crippen LogP contribution in [0, 0.1) is 12.8 Å². The number of carboxylic acids is 1. The molecule has 2 atom stereocenters. The molecule has 0 aliphatic heterocycles. The highest BCUT2D eigenvalue weighted by molar-refractivity contribution is 7.11. The molecule has 5 nitrogen and oxygen atoms in total. The van der Waals surface area contributed by atoms with E-state index in [1.54, 1.807) is 11.3 Å². The molecule has 19 heavy (non-hydrogen) atoms. The maximum atomic E-state index is 11.7. The number of aliphatic carboxylic acids is 1. The minimum atomic E-state index is -0.823. The van der Waals surface area contributed by atoms with Crippen LogP contribution >= 0.6 is 11.3 Å². The summed E-state index contributed by atoms with van der Waals surface area (Å²) in [6.07, 6.45) is 2.24. The Morgan fingerprint density at radius 2 is 2.21 bits per heavy atom. The summed E-state index contributed by atoms with van der Waals surface area (Å²) < 4.78 is 0. The van der Waals surface area contributed by atoms with Crippen molar-refractivity contribution in [2.24, 2.45) is 5.92 Å². The van der Waals surface area contributed by atoms with Crippen LogP contribution in [0.2, 0.25) is 0 Å². The molecule has 1 saturated carbocycles. The Bertz CT molecular complexity index is 472. The van der Waals surface area contributed by atoms with Crippen LogP contribution in [-0.2, 0) is 11.3 Å². The monoisotopic (exact) mass is 282 g/mol. The average molecular weight is 282 g/mol. The summed E-state index contributed by atoms with van der Waals surface area (Å²) >= 11 is 1.64. The van der Waals surface area contributed by atoms with Gasteiger partial charge in [0.1, 0.15) is 0 Å². The Hall–Kier alpha value is -1.56. The normalized spacial score (nSPS) is 22.2. The molecule has 0 aromatic carbocycles. The summed E-state index contributed by atoms with van der Waals surface area (Å²) in [7, 11) is 0. The SMILES string of the molecule is Cc1ccc(CNC(=O)NC2CCCC2C(=O)O)s1. The van der Waals surface area contributed by atoms with E-state index in [1.165, 1.54) is 4.88 Å². The van der Waals surface area contributed by atoms with Gasteiger partial charge in [-0.15, -0.1) is 11.3 Å². The van der Waals surface area contributed by atoms with Gasteiger partial charge in [-0.2, -0.15) is 0 Å². The van der Waals surface area contributed by atoms with Crippen LogP contribution in [0.5, 0.6) is 0 Å². The number of urea groups is 1. The minimum Gasteiger partial charge on any atom is -0.481 e. The standard InChI is InChI=1S/C13H18N2O3S/c1-8-5-6-9(19-8)7-14-13(18)15-11-4-2-3-10(11)12(16)17/h5-6,10-11H,2-4,7H2,1H3,(H,16,17)(H2,14,15,18). The first-order chi connectivity index (χ1) is 9.06. The first-order valence-corrected chi connectivity index (χ1v) is 7.20. The quantitative estimate of drug-likeness (QED) is 0.791. The number of carbonyl (C=O) groups is 2. The number of aryl methyl sites for hydroxylation is 1. The molecule has 2 rings (SSSR count). The molecule has 6 heteroatoms. The molecule has 2 amide bonds. The molecular formula is C13H18N2O3S. The number of carbonyl (C=O) groups excluding carboxylic acids is 1. The van der Waals surface area contributed by atoms with Crippen LogP contribution in [0.15, 0.2) is 12.1 Å². The van der Waals surface area contributed by atoms with Gasteiger partial charge in [0.2, 0.25) is 0 Å². The van der Waals surface area contributed by atoms with Crippen molar-refractivity contribution in [2.45, 2.75) is 38.8 Å². The molecule has 104 valence electrons. The van der Waals surface area contributed by atoms with Crippen LogP contribution in [0.25, 0.3) is 0 Å². The average Bonchev–Trinajstić information content (AvgIpc) is 2.95.